The first-order chi connectivity index (χ1) is 14.4. The number of carbonyl (C=O) groups is 1. The molecule has 0 aliphatic rings. The van der Waals surface area contributed by atoms with Crippen LogP contribution in [0.5, 0.6) is 0 Å². The Labute approximate surface area is 179 Å². The number of aromatic amines is 1. The summed E-state index contributed by atoms with van der Waals surface area (Å²) in [6, 6.07) is 12.0. The third kappa shape index (κ3) is 3.93. The number of ketones is 1. The van der Waals surface area contributed by atoms with Crippen molar-refractivity contribution in [2.75, 3.05) is 5.75 Å². The predicted octanol–water partition coefficient (Wildman–Crippen LogP) is 4.87. The Hall–Kier alpha value is -3.19. The van der Waals surface area contributed by atoms with Gasteiger partial charge in [0.05, 0.1) is 11.4 Å². The van der Waals surface area contributed by atoms with Gasteiger partial charge in [0.1, 0.15) is 0 Å². The lowest BCUT2D eigenvalue weighted by Crippen LogP contribution is -2.06. The normalized spacial score (nSPS) is 11.1. The average molecular weight is 418 g/mol. The van der Waals surface area contributed by atoms with E-state index in [1.807, 2.05) is 36.6 Å². The number of benzene rings is 1. The Bertz CT molecular complexity index is 1210. The van der Waals surface area contributed by atoms with Crippen LogP contribution in [0.3, 0.4) is 0 Å². The van der Waals surface area contributed by atoms with Gasteiger partial charge >= 0.3 is 0 Å². The fraction of sp³-hybridized carbons (Fsp3) is 0.217. The minimum Gasteiger partial charge on any atom is -0.362 e. The minimum atomic E-state index is 0.0712. The van der Waals surface area contributed by atoms with Crippen LogP contribution >= 0.6 is 11.8 Å². The Morgan fingerprint density at radius 3 is 2.43 bits per heavy atom. The third-order valence-electron chi connectivity index (χ3n) is 5.10. The van der Waals surface area contributed by atoms with Gasteiger partial charge in [-0.3, -0.25) is 14.3 Å². The number of hydrogen-bond acceptors (Lipinski definition) is 5. The fourth-order valence-corrected chi connectivity index (χ4v) is 4.21. The maximum Gasteiger partial charge on any atom is 0.196 e. The van der Waals surface area contributed by atoms with Gasteiger partial charge in [-0.1, -0.05) is 17.8 Å². The number of carbonyl (C=O) groups excluding carboxylic acids is 1. The van der Waals surface area contributed by atoms with E-state index in [9.17, 15) is 4.79 Å². The third-order valence-corrected chi connectivity index (χ3v) is 6.03. The molecule has 1 N–H and O–H groups in total. The molecule has 0 unspecified atom stereocenters. The van der Waals surface area contributed by atoms with Crippen molar-refractivity contribution in [3.8, 4) is 17.1 Å². The first-order valence-corrected chi connectivity index (χ1v) is 10.7. The number of thioether (sulfide) groups is 1. The van der Waals surface area contributed by atoms with Gasteiger partial charge in [-0.05, 0) is 69.2 Å². The maximum absolute atomic E-state index is 12.8. The van der Waals surface area contributed by atoms with E-state index in [1.165, 1.54) is 22.9 Å². The van der Waals surface area contributed by atoms with Crippen molar-refractivity contribution in [1.82, 2.24) is 24.7 Å². The Morgan fingerprint density at radius 2 is 1.77 bits per heavy atom. The monoisotopic (exact) mass is 417 g/mol. The molecule has 0 aliphatic heterocycles. The van der Waals surface area contributed by atoms with Crippen LogP contribution < -0.4 is 0 Å². The Morgan fingerprint density at radius 1 is 1.00 bits per heavy atom. The SMILES string of the molecule is Cc1cc(C(=O)CSc2nnc(-c3ccncc3)n2-c2ccc(C)c(C)c2)c(C)[nH]1. The number of pyridine rings is 1. The number of aromatic nitrogens is 5. The van der Waals surface area contributed by atoms with Crippen LogP contribution in [0.25, 0.3) is 17.1 Å². The van der Waals surface area contributed by atoms with Gasteiger partial charge in [-0.15, -0.1) is 10.2 Å². The second kappa shape index (κ2) is 8.28. The fourth-order valence-electron chi connectivity index (χ4n) is 3.37. The molecule has 152 valence electrons. The van der Waals surface area contributed by atoms with Crippen LogP contribution in [0, 0.1) is 27.7 Å². The van der Waals surface area contributed by atoms with Crippen LogP contribution in [-0.4, -0.2) is 36.3 Å². The van der Waals surface area contributed by atoms with E-state index in [0.29, 0.717) is 5.16 Å². The summed E-state index contributed by atoms with van der Waals surface area (Å²) in [7, 11) is 0. The lowest BCUT2D eigenvalue weighted by molar-refractivity contribution is 0.102. The zero-order valence-corrected chi connectivity index (χ0v) is 18.2. The van der Waals surface area contributed by atoms with Crippen LogP contribution in [0.1, 0.15) is 32.9 Å². The highest BCUT2D eigenvalue weighted by atomic mass is 32.2. The highest BCUT2D eigenvalue weighted by Gasteiger charge is 2.19. The van der Waals surface area contributed by atoms with E-state index < -0.39 is 0 Å². The van der Waals surface area contributed by atoms with Crippen molar-refractivity contribution in [3.05, 3.63) is 76.9 Å². The highest BCUT2D eigenvalue weighted by Crippen LogP contribution is 2.29. The molecule has 0 fully saturated rings. The first-order valence-electron chi connectivity index (χ1n) is 9.69. The molecule has 0 aliphatic carbocycles. The second-order valence-electron chi connectivity index (χ2n) is 7.35. The zero-order chi connectivity index (χ0) is 21.3. The second-order valence-corrected chi connectivity index (χ2v) is 8.29. The van der Waals surface area contributed by atoms with Crippen molar-refractivity contribution in [2.24, 2.45) is 0 Å². The number of Topliss-reactive ketones (excluding diaryl/α,β-unsaturated/α-hetero) is 1. The molecule has 0 spiro atoms. The van der Waals surface area contributed by atoms with Gasteiger partial charge in [0.2, 0.25) is 0 Å². The molecular weight excluding hydrogens is 394 g/mol. The summed E-state index contributed by atoms with van der Waals surface area (Å²) in [4.78, 5) is 20.1. The van der Waals surface area contributed by atoms with Gasteiger partial charge in [0.15, 0.2) is 16.8 Å². The summed E-state index contributed by atoms with van der Waals surface area (Å²) >= 11 is 1.40. The number of H-pyrrole nitrogens is 1. The molecular formula is C23H23N5OS. The predicted molar refractivity (Wildman–Crippen MR) is 119 cm³/mol. The number of rotatable bonds is 6. The number of nitrogens with one attached hydrogen (secondary N) is 1. The molecule has 4 aromatic rings. The number of hydrogen-bond donors (Lipinski definition) is 1. The van der Waals surface area contributed by atoms with Crippen molar-refractivity contribution in [1.29, 1.82) is 0 Å². The van der Waals surface area contributed by atoms with E-state index >= 15 is 0 Å². The van der Waals surface area contributed by atoms with E-state index in [4.69, 9.17) is 0 Å². The molecule has 0 bridgehead atoms. The summed E-state index contributed by atoms with van der Waals surface area (Å²) in [5.74, 6) is 1.09. The number of aryl methyl sites for hydroxylation is 4. The summed E-state index contributed by atoms with van der Waals surface area (Å²) in [5.41, 5.74) is 6.91. The van der Waals surface area contributed by atoms with Crippen molar-refractivity contribution < 1.29 is 4.79 Å². The van der Waals surface area contributed by atoms with Crippen molar-refractivity contribution in [3.63, 3.8) is 0 Å². The molecule has 3 heterocycles. The van der Waals surface area contributed by atoms with Gasteiger partial charge in [-0.2, -0.15) is 0 Å². The molecule has 7 heteroatoms. The average Bonchev–Trinajstić information content (AvgIpc) is 3.31. The van der Waals surface area contributed by atoms with Crippen LogP contribution in [0.2, 0.25) is 0 Å². The molecule has 6 nitrogen and oxygen atoms in total. The molecule has 1 aromatic carbocycles. The molecule has 0 radical (unpaired) electrons. The quantitative estimate of drug-likeness (QED) is 0.358. The minimum absolute atomic E-state index is 0.0712. The smallest absolute Gasteiger partial charge is 0.196 e. The van der Waals surface area contributed by atoms with Crippen LogP contribution in [-0.2, 0) is 0 Å². The first kappa shape index (κ1) is 20.1. The standard InChI is InChI=1S/C23H23N5OS/c1-14-5-6-19(11-15(14)2)28-22(18-7-9-24-10-8-18)26-27-23(28)30-13-21(29)20-12-16(3)25-17(20)4/h5-12,25H,13H2,1-4H3. The van der Waals surface area contributed by atoms with E-state index in [0.717, 1.165) is 34.0 Å². The van der Waals surface area contributed by atoms with Gasteiger partial charge in [-0.25, -0.2) is 0 Å². The summed E-state index contributed by atoms with van der Waals surface area (Å²) in [5, 5.41) is 9.53. The van der Waals surface area contributed by atoms with E-state index in [2.05, 4.69) is 52.2 Å². The molecule has 4 rings (SSSR count). The summed E-state index contributed by atoms with van der Waals surface area (Å²) in [6.45, 7) is 8.05. The topological polar surface area (TPSA) is 76.5 Å². The zero-order valence-electron chi connectivity index (χ0n) is 17.4. The molecule has 0 amide bonds. The largest absolute Gasteiger partial charge is 0.362 e. The lowest BCUT2D eigenvalue weighted by Gasteiger charge is -2.12. The Balaban J connectivity index is 1.71. The van der Waals surface area contributed by atoms with Crippen molar-refractivity contribution in [2.45, 2.75) is 32.9 Å². The summed E-state index contributed by atoms with van der Waals surface area (Å²) < 4.78 is 2.01. The molecule has 0 atom stereocenters. The molecule has 3 aromatic heterocycles. The lowest BCUT2D eigenvalue weighted by atomic mass is 10.1. The van der Waals surface area contributed by atoms with E-state index in [-0.39, 0.29) is 11.5 Å². The van der Waals surface area contributed by atoms with E-state index in [1.54, 1.807) is 12.4 Å². The Kier molecular flexibility index (Phi) is 5.55. The van der Waals surface area contributed by atoms with Gasteiger partial charge < -0.3 is 4.98 Å². The van der Waals surface area contributed by atoms with Gasteiger partial charge in [0, 0.05) is 34.9 Å². The maximum atomic E-state index is 12.8. The molecule has 30 heavy (non-hydrogen) atoms. The molecule has 0 saturated heterocycles. The number of nitrogens with zero attached hydrogens (tertiary/aromatic N) is 4. The van der Waals surface area contributed by atoms with Crippen LogP contribution in [0.4, 0.5) is 0 Å². The molecule has 0 saturated carbocycles. The van der Waals surface area contributed by atoms with Crippen LogP contribution in [0.15, 0.2) is 53.9 Å². The van der Waals surface area contributed by atoms with Crippen molar-refractivity contribution >= 4 is 17.5 Å². The summed E-state index contributed by atoms with van der Waals surface area (Å²) in [6.07, 6.45) is 3.48. The van der Waals surface area contributed by atoms with Gasteiger partial charge in [0.25, 0.3) is 0 Å². The highest BCUT2D eigenvalue weighted by molar-refractivity contribution is 7.99.